The lowest BCUT2D eigenvalue weighted by molar-refractivity contribution is -0.121. The van der Waals surface area contributed by atoms with E-state index < -0.39 is 10.0 Å². The number of aryl methyl sites for hydroxylation is 1. The number of nitrogens with zero attached hydrogens (tertiary/aromatic N) is 3. The van der Waals surface area contributed by atoms with Gasteiger partial charge in [0.25, 0.3) is 15.9 Å². The van der Waals surface area contributed by atoms with Crippen molar-refractivity contribution in [1.82, 2.24) is 10.1 Å². The minimum Gasteiger partial charge on any atom is -0.482 e. The van der Waals surface area contributed by atoms with Crippen molar-refractivity contribution in [2.24, 2.45) is 0 Å². The maximum atomic E-state index is 13.0. The highest BCUT2D eigenvalue weighted by Gasteiger charge is 2.31. The molecule has 2 aliphatic rings. The number of benzene rings is 2. The van der Waals surface area contributed by atoms with Crippen LogP contribution in [-0.4, -0.2) is 31.1 Å². The molecule has 1 aliphatic heterocycles. The molecule has 0 bridgehead atoms. The Morgan fingerprint density at radius 3 is 2.76 bits per heavy atom. The summed E-state index contributed by atoms with van der Waals surface area (Å²) in [5.74, 6) is 1.28. The first kappa shape index (κ1) is 21.7. The maximum Gasteiger partial charge on any atom is 0.265 e. The second-order valence-corrected chi connectivity index (χ2v) is 10.2. The van der Waals surface area contributed by atoms with Gasteiger partial charge in [-0.15, -0.1) is 0 Å². The number of sulfonamides is 1. The van der Waals surface area contributed by atoms with Gasteiger partial charge in [-0.1, -0.05) is 29.2 Å². The van der Waals surface area contributed by atoms with E-state index in [9.17, 15) is 13.2 Å². The van der Waals surface area contributed by atoms with Crippen molar-refractivity contribution in [3.05, 3.63) is 58.7 Å². The first-order valence-corrected chi connectivity index (χ1v) is 12.3. The number of hydrogen-bond acceptors (Lipinski definition) is 7. The minimum atomic E-state index is -3.95. The molecule has 0 saturated heterocycles. The van der Waals surface area contributed by atoms with E-state index in [1.807, 2.05) is 6.92 Å². The Morgan fingerprint density at radius 1 is 1.21 bits per heavy atom. The van der Waals surface area contributed by atoms with Crippen LogP contribution in [0, 0.1) is 6.92 Å². The van der Waals surface area contributed by atoms with Crippen LogP contribution in [0.4, 0.5) is 11.4 Å². The van der Waals surface area contributed by atoms with E-state index in [2.05, 4.69) is 14.9 Å². The SMILES string of the molecule is Cc1ccc(NS(=O)(=O)c2ccc3c(c2)N(Cc2noc(C4CCC4)n2)C(=O)CO3)cc1Cl. The molecule has 5 rings (SSSR count). The van der Waals surface area contributed by atoms with Gasteiger partial charge >= 0.3 is 0 Å². The fourth-order valence-corrected chi connectivity index (χ4v) is 4.94. The van der Waals surface area contributed by atoms with Gasteiger partial charge in [0.15, 0.2) is 12.4 Å². The Bertz CT molecular complexity index is 1340. The van der Waals surface area contributed by atoms with Crippen molar-refractivity contribution in [2.45, 2.75) is 43.5 Å². The molecule has 2 aromatic carbocycles. The van der Waals surface area contributed by atoms with E-state index in [0.717, 1.165) is 24.8 Å². The molecule has 33 heavy (non-hydrogen) atoms. The molecular weight excluding hydrogens is 468 g/mol. The van der Waals surface area contributed by atoms with Crippen molar-refractivity contribution in [1.29, 1.82) is 0 Å². The van der Waals surface area contributed by atoms with Crippen LogP contribution in [0.2, 0.25) is 5.02 Å². The van der Waals surface area contributed by atoms with Crippen LogP contribution < -0.4 is 14.4 Å². The summed E-state index contributed by atoms with van der Waals surface area (Å²) in [5.41, 5.74) is 1.50. The van der Waals surface area contributed by atoms with Gasteiger partial charge in [0, 0.05) is 10.9 Å². The predicted octanol–water partition coefficient (Wildman–Crippen LogP) is 4.03. The van der Waals surface area contributed by atoms with Crippen LogP contribution in [-0.2, 0) is 21.4 Å². The zero-order valence-corrected chi connectivity index (χ0v) is 19.3. The molecule has 0 atom stereocenters. The number of rotatable bonds is 6. The zero-order chi connectivity index (χ0) is 23.2. The highest BCUT2D eigenvalue weighted by molar-refractivity contribution is 7.92. The van der Waals surface area contributed by atoms with Crippen LogP contribution in [0.1, 0.15) is 42.5 Å². The Labute approximate surface area is 195 Å². The summed E-state index contributed by atoms with van der Waals surface area (Å²) in [7, 11) is -3.95. The van der Waals surface area contributed by atoms with Crippen molar-refractivity contribution >= 4 is 38.9 Å². The summed E-state index contributed by atoms with van der Waals surface area (Å²) in [6.07, 6.45) is 3.17. The summed E-state index contributed by atoms with van der Waals surface area (Å²) in [6.45, 7) is 1.72. The molecule has 1 saturated carbocycles. The van der Waals surface area contributed by atoms with Gasteiger partial charge in [-0.3, -0.25) is 14.4 Å². The third-order valence-corrected chi connectivity index (χ3v) is 7.63. The van der Waals surface area contributed by atoms with Crippen LogP contribution in [0.5, 0.6) is 5.75 Å². The molecule has 1 amide bonds. The van der Waals surface area contributed by atoms with E-state index >= 15 is 0 Å². The smallest absolute Gasteiger partial charge is 0.265 e. The molecule has 11 heteroatoms. The van der Waals surface area contributed by atoms with E-state index in [4.69, 9.17) is 20.9 Å². The predicted molar refractivity (Wildman–Crippen MR) is 121 cm³/mol. The van der Waals surface area contributed by atoms with Crippen LogP contribution in [0.15, 0.2) is 45.8 Å². The van der Waals surface area contributed by atoms with Gasteiger partial charge in [0.05, 0.1) is 22.8 Å². The van der Waals surface area contributed by atoms with Gasteiger partial charge < -0.3 is 9.26 Å². The van der Waals surface area contributed by atoms with Gasteiger partial charge in [-0.25, -0.2) is 8.42 Å². The number of aromatic nitrogens is 2. The summed E-state index contributed by atoms with van der Waals surface area (Å²) < 4.78 is 39.4. The summed E-state index contributed by atoms with van der Waals surface area (Å²) in [4.78, 5) is 18.4. The third kappa shape index (κ3) is 4.28. The van der Waals surface area contributed by atoms with Crippen LogP contribution in [0.25, 0.3) is 0 Å². The molecule has 0 spiro atoms. The molecule has 172 valence electrons. The molecular formula is C22H21ClN4O5S. The second-order valence-electron chi connectivity index (χ2n) is 8.14. The Morgan fingerprint density at radius 2 is 2.03 bits per heavy atom. The van der Waals surface area contributed by atoms with Gasteiger partial charge in [0.1, 0.15) is 5.75 Å². The minimum absolute atomic E-state index is 0.0236. The van der Waals surface area contributed by atoms with Gasteiger partial charge in [0.2, 0.25) is 5.89 Å². The van der Waals surface area contributed by atoms with Crippen LogP contribution in [0.3, 0.4) is 0 Å². The van der Waals surface area contributed by atoms with Gasteiger partial charge in [-0.05, 0) is 55.7 Å². The maximum absolute atomic E-state index is 13.0. The fourth-order valence-electron chi connectivity index (χ4n) is 3.69. The number of nitrogens with one attached hydrogen (secondary N) is 1. The van der Waals surface area contributed by atoms with Gasteiger partial charge in [-0.2, -0.15) is 4.98 Å². The number of carbonyl (C=O) groups excluding carboxylic acids is 1. The normalized spacial score (nSPS) is 16.2. The molecule has 0 unspecified atom stereocenters. The summed E-state index contributed by atoms with van der Waals surface area (Å²) >= 11 is 6.11. The number of amides is 1. The third-order valence-electron chi connectivity index (χ3n) is 5.85. The molecule has 1 fully saturated rings. The molecule has 1 aromatic heterocycles. The average molecular weight is 489 g/mol. The summed E-state index contributed by atoms with van der Waals surface area (Å²) in [6, 6.07) is 9.25. The molecule has 3 aromatic rings. The van der Waals surface area contributed by atoms with Crippen molar-refractivity contribution < 1.29 is 22.5 Å². The highest BCUT2D eigenvalue weighted by atomic mass is 35.5. The summed E-state index contributed by atoms with van der Waals surface area (Å²) in [5, 5.41) is 4.45. The number of fused-ring (bicyclic) bond motifs is 1. The number of carbonyl (C=O) groups is 1. The lowest BCUT2D eigenvalue weighted by atomic mass is 9.85. The van der Waals surface area contributed by atoms with E-state index in [0.29, 0.717) is 33.9 Å². The number of halogens is 1. The highest BCUT2D eigenvalue weighted by Crippen LogP contribution is 2.37. The van der Waals surface area contributed by atoms with Crippen molar-refractivity contribution in [3.63, 3.8) is 0 Å². The molecule has 1 aliphatic carbocycles. The van der Waals surface area contributed by atoms with E-state index in [1.165, 1.54) is 23.1 Å². The van der Waals surface area contributed by atoms with E-state index in [-0.39, 0.29) is 29.9 Å². The Kier molecular flexibility index (Phi) is 5.49. The molecule has 9 nitrogen and oxygen atoms in total. The fraction of sp³-hybridized carbons (Fsp3) is 0.318. The molecule has 2 heterocycles. The molecule has 1 N–H and O–H groups in total. The quantitative estimate of drug-likeness (QED) is 0.557. The van der Waals surface area contributed by atoms with Crippen molar-refractivity contribution in [2.75, 3.05) is 16.2 Å². The monoisotopic (exact) mass is 488 g/mol. The Balaban J connectivity index is 1.42. The first-order chi connectivity index (χ1) is 15.8. The molecule has 0 radical (unpaired) electrons. The largest absolute Gasteiger partial charge is 0.482 e. The van der Waals surface area contributed by atoms with Crippen LogP contribution >= 0.6 is 11.6 Å². The second kappa shape index (κ2) is 8.35. The first-order valence-electron chi connectivity index (χ1n) is 10.5. The van der Waals surface area contributed by atoms with Crippen molar-refractivity contribution in [3.8, 4) is 5.75 Å². The lowest BCUT2D eigenvalue weighted by Gasteiger charge is -2.28. The number of anilines is 2. The zero-order valence-electron chi connectivity index (χ0n) is 17.7. The standard InChI is InChI=1S/C22H21ClN4O5S/c1-13-5-6-15(9-17(13)23)26-33(29,30)16-7-8-19-18(10-16)27(21(28)12-31-19)11-20-24-22(32-25-20)14-3-2-4-14/h5-10,14,26H,2-4,11-12H2,1H3. The lowest BCUT2D eigenvalue weighted by Crippen LogP contribution is -2.38. The topological polar surface area (TPSA) is 115 Å². The number of ether oxygens (including phenoxy) is 1. The Hall–Kier alpha value is -3.11. The van der Waals surface area contributed by atoms with E-state index in [1.54, 1.807) is 18.2 Å². The number of hydrogen-bond donors (Lipinski definition) is 1. The average Bonchev–Trinajstić information content (AvgIpc) is 3.19.